The molecule has 0 saturated heterocycles. The first-order valence-electron chi connectivity index (χ1n) is 6.75. The fraction of sp³-hybridized carbons (Fsp3) is 0.250. The summed E-state index contributed by atoms with van der Waals surface area (Å²) in [7, 11) is 0. The van der Waals surface area contributed by atoms with Gasteiger partial charge in [0.05, 0.1) is 17.8 Å². The topological polar surface area (TPSA) is 37.3 Å². The Labute approximate surface area is 123 Å². The standard InChI is InChI=1S/C16H17N3S/c1-12(14-8-5-9-17-10-14)19-16-18-11-15(20-16)13-6-3-2-4-7-13/h2-10,12,15H,11H2,1H3,(H,18,19). The van der Waals surface area contributed by atoms with Crippen molar-refractivity contribution in [2.45, 2.75) is 18.2 Å². The van der Waals surface area contributed by atoms with Gasteiger partial charge in [0.15, 0.2) is 5.17 Å². The van der Waals surface area contributed by atoms with E-state index in [4.69, 9.17) is 0 Å². The largest absolute Gasteiger partial charge is 0.358 e. The minimum absolute atomic E-state index is 0.226. The molecule has 0 amide bonds. The van der Waals surface area contributed by atoms with Crippen LogP contribution in [0.1, 0.15) is 29.3 Å². The van der Waals surface area contributed by atoms with Crippen LogP contribution in [-0.4, -0.2) is 16.7 Å². The first-order chi connectivity index (χ1) is 9.83. The van der Waals surface area contributed by atoms with Crippen LogP contribution in [-0.2, 0) is 0 Å². The Morgan fingerprint density at radius 1 is 1.20 bits per heavy atom. The van der Waals surface area contributed by atoms with E-state index in [1.807, 2.05) is 18.3 Å². The maximum atomic E-state index is 4.61. The first kappa shape index (κ1) is 13.2. The first-order valence-corrected chi connectivity index (χ1v) is 7.63. The van der Waals surface area contributed by atoms with Crippen molar-refractivity contribution < 1.29 is 0 Å². The van der Waals surface area contributed by atoms with E-state index >= 15 is 0 Å². The lowest BCUT2D eigenvalue weighted by molar-refractivity contribution is 0.719. The highest BCUT2D eigenvalue weighted by atomic mass is 32.2. The highest BCUT2D eigenvalue weighted by Gasteiger charge is 2.22. The van der Waals surface area contributed by atoms with Crippen LogP contribution in [0.3, 0.4) is 0 Å². The van der Waals surface area contributed by atoms with Crippen molar-refractivity contribution in [3.63, 3.8) is 0 Å². The van der Waals surface area contributed by atoms with Crippen molar-refractivity contribution in [3.05, 3.63) is 66.0 Å². The molecule has 0 bridgehead atoms. The van der Waals surface area contributed by atoms with Gasteiger partial charge in [0.25, 0.3) is 0 Å². The Kier molecular flexibility index (Phi) is 4.02. The van der Waals surface area contributed by atoms with Crippen LogP contribution in [0.4, 0.5) is 0 Å². The molecule has 0 fully saturated rings. The van der Waals surface area contributed by atoms with Crippen LogP contribution < -0.4 is 5.32 Å². The number of hydrogen-bond acceptors (Lipinski definition) is 4. The molecule has 2 heterocycles. The third-order valence-corrected chi connectivity index (χ3v) is 4.53. The molecular formula is C16H17N3S. The van der Waals surface area contributed by atoms with Gasteiger partial charge in [-0.1, -0.05) is 48.2 Å². The van der Waals surface area contributed by atoms with Crippen molar-refractivity contribution in [2.24, 2.45) is 4.99 Å². The molecule has 0 spiro atoms. The fourth-order valence-electron chi connectivity index (χ4n) is 2.20. The highest BCUT2D eigenvalue weighted by Crippen LogP contribution is 2.34. The van der Waals surface area contributed by atoms with E-state index in [-0.39, 0.29) is 6.04 Å². The Morgan fingerprint density at radius 3 is 2.80 bits per heavy atom. The van der Waals surface area contributed by atoms with E-state index in [2.05, 4.69) is 52.5 Å². The van der Waals surface area contributed by atoms with Crippen molar-refractivity contribution in [3.8, 4) is 0 Å². The van der Waals surface area contributed by atoms with Crippen LogP contribution in [0, 0.1) is 0 Å². The van der Waals surface area contributed by atoms with Crippen LogP contribution in [0.2, 0.25) is 0 Å². The second-order valence-electron chi connectivity index (χ2n) is 4.82. The Balaban J connectivity index is 1.61. The molecule has 2 atom stereocenters. The predicted molar refractivity (Wildman–Crippen MR) is 84.9 cm³/mol. The molecule has 2 unspecified atom stereocenters. The summed E-state index contributed by atoms with van der Waals surface area (Å²) in [6.45, 7) is 2.98. The molecule has 0 saturated carbocycles. The summed E-state index contributed by atoms with van der Waals surface area (Å²) in [4.78, 5) is 8.76. The molecule has 1 aliphatic rings. The van der Waals surface area contributed by atoms with E-state index < -0.39 is 0 Å². The third kappa shape index (κ3) is 3.02. The maximum absolute atomic E-state index is 4.61. The second-order valence-corrected chi connectivity index (χ2v) is 6.01. The van der Waals surface area contributed by atoms with Gasteiger partial charge in [0.2, 0.25) is 0 Å². The van der Waals surface area contributed by atoms with Gasteiger partial charge < -0.3 is 5.32 Å². The molecule has 0 aliphatic carbocycles. The predicted octanol–water partition coefficient (Wildman–Crippen LogP) is 3.58. The SMILES string of the molecule is CC(NC1=NCC(c2ccccc2)S1)c1cccnc1. The van der Waals surface area contributed by atoms with Crippen molar-refractivity contribution in [1.29, 1.82) is 0 Å². The summed E-state index contributed by atoms with van der Waals surface area (Å²) in [5, 5.41) is 4.92. The number of amidine groups is 1. The average molecular weight is 283 g/mol. The molecule has 3 rings (SSSR count). The number of rotatable bonds is 3. The summed E-state index contributed by atoms with van der Waals surface area (Å²) in [5.41, 5.74) is 2.52. The Hall–Kier alpha value is -1.81. The van der Waals surface area contributed by atoms with Gasteiger partial charge in [-0.3, -0.25) is 9.98 Å². The summed E-state index contributed by atoms with van der Waals surface area (Å²) >= 11 is 1.81. The second kappa shape index (κ2) is 6.09. The van der Waals surface area contributed by atoms with Gasteiger partial charge in [0.1, 0.15) is 0 Å². The highest BCUT2D eigenvalue weighted by molar-refractivity contribution is 8.14. The zero-order valence-corrected chi connectivity index (χ0v) is 12.2. The Morgan fingerprint density at radius 2 is 2.05 bits per heavy atom. The number of nitrogens with one attached hydrogen (secondary N) is 1. The maximum Gasteiger partial charge on any atom is 0.157 e. The van der Waals surface area contributed by atoms with Crippen molar-refractivity contribution >= 4 is 16.9 Å². The van der Waals surface area contributed by atoms with Crippen molar-refractivity contribution in [2.75, 3.05) is 6.54 Å². The number of hydrogen-bond donors (Lipinski definition) is 1. The van der Waals surface area contributed by atoms with Gasteiger partial charge in [-0.15, -0.1) is 0 Å². The molecule has 0 radical (unpaired) electrons. The fourth-order valence-corrected chi connectivity index (χ4v) is 3.30. The Bertz CT molecular complexity index is 583. The average Bonchev–Trinajstić information content (AvgIpc) is 2.97. The van der Waals surface area contributed by atoms with Crippen LogP contribution in [0.5, 0.6) is 0 Å². The molecule has 1 N–H and O–H groups in total. The van der Waals surface area contributed by atoms with E-state index in [1.54, 1.807) is 18.0 Å². The lowest BCUT2D eigenvalue weighted by Gasteiger charge is -2.15. The molecule has 102 valence electrons. The third-order valence-electron chi connectivity index (χ3n) is 3.35. The molecule has 1 aromatic heterocycles. The van der Waals surface area contributed by atoms with Gasteiger partial charge >= 0.3 is 0 Å². The van der Waals surface area contributed by atoms with Crippen molar-refractivity contribution in [1.82, 2.24) is 10.3 Å². The molecule has 2 aromatic rings. The number of thioether (sulfide) groups is 1. The smallest absolute Gasteiger partial charge is 0.157 e. The van der Waals surface area contributed by atoms with Crippen LogP contribution in [0.25, 0.3) is 0 Å². The number of benzene rings is 1. The zero-order valence-electron chi connectivity index (χ0n) is 11.4. The monoisotopic (exact) mass is 283 g/mol. The van der Waals surface area contributed by atoms with Gasteiger partial charge in [0, 0.05) is 12.4 Å². The molecule has 3 nitrogen and oxygen atoms in total. The van der Waals surface area contributed by atoms with Crippen LogP contribution >= 0.6 is 11.8 Å². The summed E-state index contributed by atoms with van der Waals surface area (Å²) in [6, 6.07) is 14.8. The van der Waals surface area contributed by atoms with E-state index in [1.165, 1.54) is 11.1 Å². The van der Waals surface area contributed by atoms with Gasteiger partial charge in [-0.25, -0.2) is 0 Å². The number of aliphatic imine (C=N–C) groups is 1. The number of pyridine rings is 1. The molecule has 20 heavy (non-hydrogen) atoms. The number of nitrogens with zero attached hydrogens (tertiary/aromatic N) is 2. The zero-order chi connectivity index (χ0) is 13.8. The number of aromatic nitrogens is 1. The molecular weight excluding hydrogens is 266 g/mol. The summed E-state index contributed by atoms with van der Waals surface area (Å²) < 4.78 is 0. The normalized spacial score (nSPS) is 19.4. The summed E-state index contributed by atoms with van der Waals surface area (Å²) in [6.07, 6.45) is 3.69. The van der Waals surface area contributed by atoms with E-state index in [0.29, 0.717) is 5.25 Å². The molecule has 4 heteroatoms. The van der Waals surface area contributed by atoms with E-state index in [9.17, 15) is 0 Å². The van der Waals surface area contributed by atoms with Crippen LogP contribution in [0.15, 0.2) is 59.9 Å². The van der Waals surface area contributed by atoms with Gasteiger partial charge in [-0.05, 0) is 24.1 Å². The van der Waals surface area contributed by atoms with Gasteiger partial charge in [-0.2, -0.15) is 0 Å². The summed E-state index contributed by atoms with van der Waals surface area (Å²) in [5.74, 6) is 0. The molecule has 1 aromatic carbocycles. The minimum atomic E-state index is 0.226. The van der Waals surface area contributed by atoms with E-state index in [0.717, 1.165) is 11.7 Å². The lowest BCUT2D eigenvalue weighted by atomic mass is 10.1. The molecule has 1 aliphatic heterocycles. The lowest BCUT2D eigenvalue weighted by Crippen LogP contribution is -2.23. The quantitative estimate of drug-likeness (QED) is 0.935. The minimum Gasteiger partial charge on any atom is -0.358 e.